The summed E-state index contributed by atoms with van der Waals surface area (Å²) in [5, 5.41) is 3.04. The number of nitrogens with zero attached hydrogens (tertiary/aromatic N) is 4. The molecule has 1 atom stereocenters. The minimum absolute atomic E-state index is 0.0740. The van der Waals surface area contributed by atoms with Gasteiger partial charge < -0.3 is 9.88 Å². The zero-order chi connectivity index (χ0) is 14.9. The van der Waals surface area contributed by atoms with Crippen LogP contribution < -0.4 is 5.32 Å². The number of carbonyl (C=O) groups is 1. The van der Waals surface area contributed by atoms with Crippen LogP contribution in [0.25, 0.3) is 5.65 Å². The maximum atomic E-state index is 12.4. The standard InChI is InChI=1S/C16H17N5O/c22-16(13-10-18-15-3-1-2-7-21(13)15)19-9-12-4-5-14-17-6-8-20(14)11-12/h1-3,6-8,10,12H,4-5,9,11H2,(H,19,22)/t12-/m1/s1. The van der Waals surface area contributed by atoms with Gasteiger partial charge in [-0.25, -0.2) is 9.97 Å². The predicted octanol–water partition coefficient (Wildman–Crippen LogP) is 1.52. The number of hydrogen-bond donors (Lipinski definition) is 1. The quantitative estimate of drug-likeness (QED) is 0.797. The summed E-state index contributed by atoms with van der Waals surface area (Å²) in [5.74, 6) is 1.52. The van der Waals surface area contributed by atoms with Gasteiger partial charge in [-0.2, -0.15) is 0 Å². The van der Waals surface area contributed by atoms with Crippen molar-refractivity contribution in [3.63, 3.8) is 0 Å². The number of carbonyl (C=O) groups excluding carboxylic acids is 1. The highest BCUT2D eigenvalue weighted by molar-refractivity contribution is 5.93. The van der Waals surface area contributed by atoms with E-state index in [1.165, 1.54) is 0 Å². The predicted molar refractivity (Wildman–Crippen MR) is 81.6 cm³/mol. The van der Waals surface area contributed by atoms with Gasteiger partial charge in [0.2, 0.25) is 0 Å². The van der Waals surface area contributed by atoms with E-state index in [0.717, 1.165) is 30.9 Å². The molecule has 0 saturated heterocycles. The van der Waals surface area contributed by atoms with Crippen molar-refractivity contribution < 1.29 is 4.79 Å². The van der Waals surface area contributed by atoms with E-state index in [0.29, 0.717) is 18.2 Å². The number of amides is 1. The van der Waals surface area contributed by atoms with Crippen LogP contribution in [0, 0.1) is 5.92 Å². The number of pyridine rings is 1. The Morgan fingerprint density at radius 2 is 2.27 bits per heavy atom. The van der Waals surface area contributed by atoms with Crippen LogP contribution in [0.4, 0.5) is 0 Å². The van der Waals surface area contributed by atoms with E-state index in [1.807, 2.05) is 41.2 Å². The lowest BCUT2D eigenvalue weighted by Crippen LogP contribution is -2.34. The Bertz CT molecular complexity index is 819. The fraction of sp³-hybridized carbons (Fsp3) is 0.312. The van der Waals surface area contributed by atoms with Crippen LogP contribution in [0.15, 0.2) is 43.0 Å². The van der Waals surface area contributed by atoms with Crippen LogP contribution in [-0.2, 0) is 13.0 Å². The molecule has 0 unspecified atom stereocenters. The smallest absolute Gasteiger partial charge is 0.269 e. The summed E-state index contributed by atoms with van der Waals surface area (Å²) < 4.78 is 3.98. The van der Waals surface area contributed by atoms with Crippen molar-refractivity contribution in [1.29, 1.82) is 0 Å². The first kappa shape index (κ1) is 13.1. The first-order valence-corrected chi connectivity index (χ1v) is 7.51. The van der Waals surface area contributed by atoms with Crippen molar-refractivity contribution in [3.8, 4) is 0 Å². The Morgan fingerprint density at radius 1 is 1.32 bits per heavy atom. The maximum Gasteiger partial charge on any atom is 0.269 e. The van der Waals surface area contributed by atoms with Gasteiger partial charge in [0.25, 0.3) is 5.91 Å². The summed E-state index contributed by atoms with van der Waals surface area (Å²) >= 11 is 0. The van der Waals surface area contributed by atoms with E-state index in [2.05, 4.69) is 19.9 Å². The molecule has 112 valence electrons. The van der Waals surface area contributed by atoms with Crippen LogP contribution in [0.3, 0.4) is 0 Å². The van der Waals surface area contributed by atoms with Crippen molar-refractivity contribution >= 4 is 11.6 Å². The summed E-state index contributed by atoms with van der Waals surface area (Å²) in [6.07, 6.45) is 9.37. The van der Waals surface area contributed by atoms with Crippen LogP contribution >= 0.6 is 0 Å². The molecule has 6 heteroatoms. The third-order valence-electron chi connectivity index (χ3n) is 4.23. The Balaban J connectivity index is 1.43. The average molecular weight is 295 g/mol. The lowest BCUT2D eigenvalue weighted by molar-refractivity contribution is 0.0937. The molecule has 3 aromatic rings. The molecule has 0 fully saturated rings. The summed E-state index contributed by atoms with van der Waals surface area (Å²) in [6.45, 7) is 1.60. The van der Waals surface area contributed by atoms with Crippen LogP contribution in [0.1, 0.15) is 22.7 Å². The highest BCUT2D eigenvalue weighted by Gasteiger charge is 2.20. The number of rotatable bonds is 3. The van der Waals surface area contributed by atoms with E-state index in [-0.39, 0.29) is 5.91 Å². The largest absolute Gasteiger partial charge is 0.350 e. The normalized spacial score (nSPS) is 17.4. The van der Waals surface area contributed by atoms with Crippen molar-refractivity contribution in [3.05, 3.63) is 54.5 Å². The average Bonchev–Trinajstić information content (AvgIpc) is 3.18. The fourth-order valence-corrected chi connectivity index (χ4v) is 3.03. The van der Waals surface area contributed by atoms with Gasteiger partial charge in [-0.15, -0.1) is 0 Å². The molecule has 6 nitrogen and oxygen atoms in total. The third kappa shape index (κ3) is 2.26. The summed E-state index contributed by atoms with van der Waals surface area (Å²) in [4.78, 5) is 20.9. The van der Waals surface area contributed by atoms with Gasteiger partial charge in [-0.3, -0.25) is 9.20 Å². The van der Waals surface area contributed by atoms with E-state index in [1.54, 1.807) is 6.20 Å². The van der Waals surface area contributed by atoms with E-state index in [9.17, 15) is 4.79 Å². The second kappa shape index (κ2) is 5.29. The molecule has 4 heterocycles. The van der Waals surface area contributed by atoms with Gasteiger partial charge in [-0.1, -0.05) is 6.07 Å². The van der Waals surface area contributed by atoms with Gasteiger partial charge in [0, 0.05) is 38.1 Å². The Labute approximate surface area is 127 Å². The number of aromatic nitrogens is 4. The summed E-state index contributed by atoms with van der Waals surface area (Å²) in [5.41, 5.74) is 1.36. The van der Waals surface area contributed by atoms with E-state index < -0.39 is 0 Å². The van der Waals surface area contributed by atoms with Crippen LogP contribution in [-0.4, -0.2) is 31.4 Å². The van der Waals surface area contributed by atoms with Crippen LogP contribution in [0.2, 0.25) is 0 Å². The summed E-state index contributed by atoms with van der Waals surface area (Å²) in [7, 11) is 0. The number of aryl methyl sites for hydroxylation is 1. The number of imidazole rings is 2. The second-order valence-corrected chi connectivity index (χ2v) is 5.68. The summed E-state index contributed by atoms with van der Waals surface area (Å²) in [6, 6.07) is 5.69. The van der Waals surface area contributed by atoms with Gasteiger partial charge in [0.1, 0.15) is 17.2 Å². The third-order valence-corrected chi connectivity index (χ3v) is 4.23. The first-order valence-electron chi connectivity index (χ1n) is 7.51. The van der Waals surface area contributed by atoms with Gasteiger partial charge >= 0.3 is 0 Å². The van der Waals surface area contributed by atoms with Gasteiger partial charge in [0.05, 0.1) is 6.20 Å². The molecule has 0 saturated carbocycles. The van der Waals surface area contributed by atoms with Crippen molar-refractivity contribution in [1.82, 2.24) is 24.3 Å². The van der Waals surface area contributed by atoms with Crippen molar-refractivity contribution in [2.24, 2.45) is 5.92 Å². The van der Waals surface area contributed by atoms with Crippen LogP contribution in [0.5, 0.6) is 0 Å². The Morgan fingerprint density at radius 3 is 3.23 bits per heavy atom. The first-order chi connectivity index (χ1) is 10.8. The maximum absolute atomic E-state index is 12.4. The molecule has 1 aliphatic rings. The number of fused-ring (bicyclic) bond motifs is 2. The lowest BCUT2D eigenvalue weighted by Gasteiger charge is -2.23. The molecule has 0 spiro atoms. The molecule has 1 aliphatic heterocycles. The zero-order valence-electron chi connectivity index (χ0n) is 12.1. The zero-order valence-corrected chi connectivity index (χ0v) is 12.1. The monoisotopic (exact) mass is 295 g/mol. The molecule has 0 radical (unpaired) electrons. The second-order valence-electron chi connectivity index (χ2n) is 5.68. The van der Waals surface area contributed by atoms with Gasteiger partial charge in [0.15, 0.2) is 0 Å². The molecule has 4 rings (SSSR count). The minimum atomic E-state index is -0.0740. The minimum Gasteiger partial charge on any atom is -0.350 e. The topological polar surface area (TPSA) is 64.2 Å². The van der Waals surface area contributed by atoms with Crippen molar-refractivity contribution in [2.45, 2.75) is 19.4 Å². The fourth-order valence-electron chi connectivity index (χ4n) is 3.03. The van der Waals surface area contributed by atoms with E-state index in [4.69, 9.17) is 0 Å². The highest BCUT2D eigenvalue weighted by Crippen LogP contribution is 2.18. The molecule has 1 amide bonds. The molecular weight excluding hydrogens is 278 g/mol. The van der Waals surface area contributed by atoms with Gasteiger partial charge in [-0.05, 0) is 24.5 Å². The number of nitrogens with one attached hydrogen (secondary N) is 1. The molecular formula is C16H17N5O. The molecule has 0 bridgehead atoms. The van der Waals surface area contributed by atoms with Crippen molar-refractivity contribution in [2.75, 3.05) is 6.54 Å². The van der Waals surface area contributed by atoms with E-state index >= 15 is 0 Å². The molecule has 22 heavy (non-hydrogen) atoms. The molecule has 0 aliphatic carbocycles. The Kier molecular flexibility index (Phi) is 3.14. The molecule has 1 N–H and O–H groups in total. The molecule has 3 aromatic heterocycles. The Hall–Kier alpha value is -2.63. The highest BCUT2D eigenvalue weighted by atomic mass is 16.1. The number of hydrogen-bond acceptors (Lipinski definition) is 3. The molecule has 0 aromatic carbocycles. The lowest BCUT2D eigenvalue weighted by atomic mass is 9.99. The SMILES string of the molecule is O=C(NC[C@H]1CCc2nccn2C1)c1cnc2ccccn12.